The molecule has 9 heteroatoms. The molecule has 3 amide bonds. The van der Waals surface area contributed by atoms with E-state index in [4.69, 9.17) is 9.47 Å². The lowest BCUT2D eigenvalue weighted by Gasteiger charge is -2.54. The number of amides is 3. The van der Waals surface area contributed by atoms with Gasteiger partial charge < -0.3 is 19.3 Å². The topological polar surface area (TPSA) is 96.5 Å². The van der Waals surface area contributed by atoms with Crippen LogP contribution in [0, 0.1) is 0 Å². The molecule has 0 N–H and O–H groups in total. The van der Waals surface area contributed by atoms with Crippen molar-refractivity contribution >= 4 is 34.6 Å². The zero-order chi connectivity index (χ0) is 35.0. The van der Waals surface area contributed by atoms with Gasteiger partial charge in [-0.25, -0.2) is 9.59 Å². The molecule has 0 saturated carbocycles. The number of carbonyl (C=O) groups excluding carboxylic acids is 4. The van der Waals surface area contributed by atoms with Gasteiger partial charge in [-0.1, -0.05) is 103 Å². The van der Waals surface area contributed by atoms with Crippen LogP contribution in [0.1, 0.15) is 57.7 Å². The molecule has 49 heavy (non-hydrogen) atoms. The molecule has 2 heterocycles. The van der Waals surface area contributed by atoms with Gasteiger partial charge >= 0.3 is 12.1 Å². The number of benzene rings is 4. The van der Waals surface area contributed by atoms with E-state index in [-0.39, 0.29) is 44.5 Å². The number of rotatable bonds is 7. The summed E-state index contributed by atoms with van der Waals surface area (Å²) >= 11 is 0. The van der Waals surface area contributed by atoms with Crippen LogP contribution >= 0.6 is 0 Å². The smallest absolute Gasteiger partial charge is 0.410 e. The summed E-state index contributed by atoms with van der Waals surface area (Å²) in [6, 6.07) is 31.3. The fourth-order valence-electron chi connectivity index (χ4n) is 6.93. The van der Waals surface area contributed by atoms with Gasteiger partial charge in [0.1, 0.15) is 29.3 Å². The molecule has 6 rings (SSSR count). The first-order chi connectivity index (χ1) is 23.3. The third kappa shape index (κ3) is 6.62. The van der Waals surface area contributed by atoms with Crippen molar-refractivity contribution in [2.75, 3.05) is 6.54 Å². The molecule has 1 spiro atoms. The quantitative estimate of drug-likeness (QED) is 0.211. The van der Waals surface area contributed by atoms with Crippen molar-refractivity contribution < 1.29 is 28.7 Å². The lowest BCUT2D eigenvalue weighted by atomic mass is 9.82. The number of nitrogens with zero attached hydrogens (tertiary/aromatic N) is 3. The van der Waals surface area contributed by atoms with E-state index in [0.717, 1.165) is 27.5 Å². The maximum absolute atomic E-state index is 15.3. The summed E-state index contributed by atoms with van der Waals surface area (Å²) in [5, 5.41) is 2.00. The second kappa shape index (κ2) is 13.0. The molecule has 2 fully saturated rings. The fraction of sp³-hybridized carbons (Fsp3) is 0.350. The number of likely N-dealkylation sites (tertiary alicyclic amines) is 1. The average Bonchev–Trinajstić information content (AvgIpc) is 3.50. The lowest BCUT2D eigenvalue weighted by molar-refractivity contribution is -0.179. The summed E-state index contributed by atoms with van der Waals surface area (Å²) in [5.41, 5.74) is -1.18. The highest BCUT2D eigenvalue weighted by Gasteiger charge is 2.65. The summed E-state index contributed by atoms with van der Waals surface area (Å²) in [6.45, 7) is 8.79. The van der Waals surface area contributed by atoms with Gasteiger partial charge in [0, 0.05) is 19.5 Å². The molecule has 0 aliphatic carbocycles. The standard InChI is InChI=1S/C40H43N3O6/c1-38(2,3)49-34(44)33-23-40(27-41(33)37(47)48-26-29-17-10-7-11-18-29)36(46)42(25-31-21-14-20-30-19-12-13-22-32(30)31)39(4,5)35(45)43(40)24-28-15-8-6-9-16-28/h6-22,33H,23-27H2,1-5H3/t33-,40-/m0/s1. The maximum Gasteiger partial charge on any atom is 0.410 e. The van der Waals surface area contributed by atoms with Gasteiger partial charge in [0.15, 0.2) is 0 Å². The molecule has 2 aliphatic rings. The first kappa shape index (κ1) is 33.7. The second-order valence-electron chi connectivity index (χ2n) is 14.4. The van der Waals surface area contributed by atoms with Crippen LogP contribution < -0.4 is 0 Å². The Balaban J connectivity index is 1.43. The van der Waals surface area contributed by atoms with Crippen LogP contribution in [0.15, 0.2) is 103 Å². The van der Waals surface area contributed by atoms with E-state index in [0.29, 0.717) is 0 Å². The van der Waals surface area contributed by atoms with E-state index < -0.39 is 34.8 Å². The van der Waals surface area contributed by atoms with E-state index in [9.17, 15) is 14.4 Å². The van der Waals surface area contributed by atoms with Gasteiger partial charge in [0.25, 0.3) is 5.91 Å². The van der Waals surface area contributed by atoms with E-state index in [2.05, 4.69) is 0 Å². The minimum atomic E-state index is -1.57. The van der Waals surface area contributed by atoms with Crippen LogP contribution in [0.3, 0.4) is 0 Å². The zero-order valence-corrected chi connectivity index (χ0v) is 28.7. The first-order valence-electron chi connectivity index (χ1n) is 16.6. The van der Waals surface area contributed by atoms with Crippen LogP contribution in [0.5, 0.6) is 0 Å². The van der Waals surface area contributed by atoms with Gasteiger partial charge in [0.2, 0.25) is 5.91 Å². The summed E-state index contributed by atoms with van der Waals surface area (Å²) in [7, 11) is 0. The van der Waals surface area contributed by atoms with Gasteiger partial charge in [0.05, 0.1) is 6.54 Å². The first-order valence-corrected chi connectivity index (χ1v) is 16.6. The molecule has 0 bridgehead atoms. The van der Waals surface area contributed by atoms with Crippen LogP contribution in [0.25, 0.3) is 10.8 Å². The molecule has 2 aliphatic heterocycles. The number of fused-ring (bicyclic) bond motifs is 1. The Morgan fingerprint density at radius 1 is 0.755 bits per heavy atom. The third-order valence-electron chi connectivity index (χ3n) is 9.45. The van der Waals surface area contributed by atoms with Crippen molar-refractivity contribution in [1.29, 1.82) is 0 Å². The highest BCUT2D eigenvalue weighted by molar-refractivity contribution is 6.04. The molecule has 0 radical (unpaired) electrons. The molecular weight excluding hydrogens is 618 g/mol. The third-order valence-corrected chi connectivity index (χ3v) is 9.45. The van der Waals surface area contributed by atoms with Crippen LogP contribution in [0.4, 0.5) is 4.79 Å². The predicted molar refractivity (Wildman–Crippen MR) is 186 cm³/mol. The Morgan fingerprint density at radius 2 is 1.37 bits per heavy atom. The van der Waals surface area contributed by atoms with Gasteiger partial charge in [-0.05, 0) is 62.1 Å². The lowest BCUT2D eigenvalue weighted by Crippen LogP contribution is -2.75. The molecule has 254 valence electrons. The Hall–Kier alpha value is -5.18. The SMILES string of the molecule is CC(C)(C)OC(=O)[C@@H]1C[C@]2(CN1C(=O)OCc1ccccc1)C(=O)N(Cc1cccc3ccccc13)C(C)(C)C(=O)N2Cc1ccccc1. The van der Waals surface area contributed by atoms with Gasteiger partial charge in [-0.15, -0.1) is 0 Å². The second-order valence-corrected chi connectivity index (χ2v) is 14.4. The highest BCUT2D eigenvalue weighted by Crippen LogP contribution is 2.44. The van der Waals surface area contributed by atoms with Crippen LogP contribution in [-0.2, 0) is 43.6 Å². The fourth-order valence-corrected chi connectivity index (χ4v) is 6.93. The summed E-state index contributed by atoms with van der Waals surface area (Å²) in [4.78, 5) is 62.3. The van der Waals surface area contributed by atoms with Crippen LogP contribution in [0.2, 0.25) is 0 Å². The Kier molecular flexibility index (Phi) is 8.96. The van der Waals surface area contributed by atoms with Gasteiger partial charge in [-0.2, -0.15) is 0 Å². The molecule has 4 aromatic rings. The molecule has 0 aromatic heterocycles. The molecule has 2 atom stereocenters. The number of hydrogen-bond donors (Lipinski definition) is 0. The maximum atomic E-state index is 15.3. The molecule has 9 nitrogen and oxygen atoms in total. The Labute approximate surface area is 287 Å². The van der Waals surface area contributed by atoms with Crippen molar-refractivity contribution in [1.82, 2.24) is 14.7 Å². The number of hydrogen-bond acceptors (Lipinski definition) is 6. The average molecular weight is 662 g/mol. The number of carbonyl (C=O) groups is 4. The summed E-state index contributed by atoms with van der Waals surface area (Å²) < 4.78 is 11.5. The van der Waals surface area contributed by atoms with Crippen molar-refractivity contribution in [3.05, 3.63) is 120 Å². The molecule has 2 saturated heterocycles. The van der Waals surface area contributed by atoms with Crippen molar-refractivity contribution in [3.63, 3.8) is 0 Å². The number of ether oxygens (including phenoxy) is 2. The van der Waals surface area contributed by atoms with E-state index >= 15 is 4.79 Å². The van der Waals surface area contributed by atoms with Gasteiger partial charge in [-0.3, -0.25) is 14.5 Å². The monoisotopic (exact) mass is 661 g/mol. The molecule has 4 aromatic carbocycles. The predicted octanol–water partition coefficient (Wildman–Crippen LogP) is 6.48. The molecule has 0 unspecified atom stereocenters. The largest absolute Gasteiger partial charge is 0.458 e. The van der Waals surface area contributed by atoms with Crippen molar-refractivity contribution in [2.45, 2.75) is 83.5 Å². The van der Waals surface area contributed by atoms with Crippen LogP contribution in [-0.4, -0.2) is 67.8 Å². The summed E-state index contributed by atoms with van der Waals surface area (Å²) in [5.74, 6) is -1.28. The van der Waals surface area contributed by atoms with E-state index in [1.54, 1.807) is 44.4 Å². The number of esters is 1. The molecular formula is C40H43N3O6. The Bertz CT molecular complexity index is 1860. The highest BCUT2D eigenvalue weighted by atomic mass is 16.6. The summed E-state index contributed by atoms with van der Waals surface area (Å²) in [6.07, 6.45) is -0.899. The van der Waals surface area contributed by atoms with E-state index in [1.807, 2.05) is 103 Å². The van der Waals surface area contributed by atoms with Crippen molar-refractivity contribution in [2.24, 2.45) is 0 Å². The minimum Gasteiger partial charge on any atom is -0.458 e. The zero-order valence-electron chi connectivity index (χ0n) is 28.7. The number of piperazine rings is 1. The Morgan fingerprint density at radius 3 is 2.04 bits per heavy atom. The normalized spacial score (nSPS) is 20.6. The van der Waals surface area contributed by atoms with Crippen molar-refractivity contribution in [3.8, 4) is 0 Å². The van der Waals surface area contributed by atoms with E-state index in [1.165, 1.54) is 4.90 Å². The minimum absolute atomic E-state index is 0.0228.